The fourth-order valence-electron chi connectivity index (χ4n) is 1.85. The zero-order chi connectivity index (χ0) is 15.8. The Morgan fingerprint density at radius 3 is 1.76 bits per heavy atom. The number of benzene rings is 2. The lowest BCUT2D eigenvalue weighted by atomic mass is 10.1. The summed E-state index contributed by atoms with van der Waals surface area (Å²) in [6.45, 7) is 1.77. The lowest BCUT2D eigenvalue weighted by Gasteiger charge is -1.98. The van der Waals surface area contributed by atoms with Crippen LogP contribution in [0.25, 0.3) is 21.9 Å². The van der Waals surface area contributed by atoms with Crippen LogP contribution in [0.2, 0.25) is 0 Å². The SMILES string of the molecule is C#C.C/C(C#N)=c1/ccc2cc(=C(C#N)C#N)ccc2c1. The van der Waals surface area contributed by atoms with Gasteiger partial charge in [-0.1, -0.05) is 24.3 Å². The van der Waals surface area contributed by atoms with Crippen molar-refractivity contribution in [3.63, 3.8) is 0 Å². The van der Waals surface area contributed by atoms with Gasteiger partial charge in [-0.2, -0.15) is 15.8 Å². The Bertz CT molecular complexity index is 926. The second-order valence-corrected chi connectivity index (χ2v) is 4.11. The molecular formula is C18H11N3. The topological polar surface area (TPSA) is 71.4 Å². The van der Waals surface area contributed by atoms with Gasteiger partial charge in [0, 0.05) is 10.8 Å². The van der Waals surface area contributed by atoms with Crippen molar-refractivity contribution < 1.29 is 0 Å². The smallest absolute Gasteiger partial charge is 0.136 e. The monoisotopic (exact) mass is 269 g/mol. The number of rotatable bonds is 0. The zero-order valence-corrected chi connectivity index (χ0v) is 11.5. The van der Waals surface area contributed by atoms with Gasteiger partial charge < -0.3 is 0 Å². The van der Waals surface area contributed by atoms with Crippen LogP contribution in [0.3, 0.4) is 0 Å². The molecule has 3 nitrogen and oxygen atoms in total. The quantitative estimate of drug-likeness (QED) is 0.686. The first-order chi connectivity index (χ1) is 10.2. The molecule has 0 aliphatic heterocycles. The highest BCUT2D eigenvalue weighted by molar-refractivity contribution is 5.85. The maximum atomic E-state index is 8.88. The van der Waals surface area contributed by atoms with Crippen molar-refractivity contribution in [2.45, 2.75) is 6.92 Å². The summed E-state index contributed by atoms with van der Waals surface area (Å²) >= 11 is 0. The number of nitriles is 3. The third-order valence-corrected chi connectivity index (χ3v) is 2.95. The Balaban J connectivity index is 0.00000106. The summed E-state index contributed by atoms with van der Waals surface area (Å²) in [6.07, 6.45) is 8.00. The van der Waals surface area contributed by atoms with Gasteiger partial charge >= 0.3 is 0 Å². The molecule has 98 valence electrons. The zero-order valence-electron chi connectivity index (χ0n) is 11.5. The van der Waals surface area contributed by atoms with E-state index in [0.29, 0.717) is 10.8 Å². The minimum Gasteiger partial charge on any atom is -0.193 e. The summed E-state index contributed by atoms with van der Waals surface area (Å²) in [7, 11) is 0. The van der Waals surface area contributed by atoms with Gasteiger partial charge in [0.1, 0.15) is 17.7 Å². The van der Waals surface area contributed by atoms with E-state index in [2.05, 4.69) is 18.9 Å². The van der Waals surface area contributed by atoms with Crippen molar-refractivity contribution in [2.24, 2.45) is 0 Å². The van der Waals surface area contributed by atoms with Crippen molar-refractivity contribution >= 4 is 21.9 Å². The number of nitrogens with zero attached hydrogens (tertiary/aromatic N) is 3. The Morgan fingerprint density at radius 1 is 0.810 bits per heavy atom. The Morgan fingerprint density at radius 2 is 1.29 bits per heavy atom. The largest absolute Gasteiger partial charge is 0.193 e. The van der Waals surface area contributed by atoms with E-state index in [9.17, 15) is 0 Å². The molecule has 0 unspecified atom stereocenters. The molecule has 0 aromatic heterocycles. The Hall–Kier alpha value is -3.53. The van der Waals surface area contributed by atoms with Crippen LogP contribution >= 0.6 is 0 Å². The molecule has 0 saturated heterocycles. The second-order valence-electron chi connectivity index (χ2n) is 4.11. The van der Waals surface area contributed by atoms with Gasteiger partial charge in [-0.15, -0.1) is 12.8 Å². The molecule has 0 N–H and O–H groups in total. The summed E-state index contributed by atoms with van der Waals surface area (Å²) in [5.74, 6) is 0. The molecule has 21 heavy (non-hydrogen) atoms. The first kappa shape index (κ1) is 15.5. The molecule has 0 heterocycles. The highest BCUT2D eigenvalue weighted by Gasteiger charge is 1.98. The van der Waals surface area contributed by atoms with Gasteiger partial charge in [0.15, 0.2) is 0 Å². The van der Waals surface area contributed by atoms with Crippen LogP contribution in [0.15, 0.2) is 36.4 Å². The van der Waals surface area contributed by atoms with Crippen molar-refractivity contribution in [3.8, 4) is 31.1 Å². The van der Waals surface area contributed by atoms with E-state index in [1.54, 1.807) is 13.0 Å². The second kappa shape index (κ2) is 7.16. The van der Waals surface area contributed by atoms with Crippen LogP contribution in [0.4, 0.5) is 0 Å². The standard InChI is InChI=1S/C16H9N3.C2H2/c1-11(8-17)12-2-3-14-7-15(16(9-18)10-19)5-4-13(14)6-12;1-2/h2-7H,1H3;1-2H/b12-11+;. The summed E-state index contributed by atoms with van der Waals surface area (Å²) in [5.41, 5.74) is 0.762. The van der Waals surface area contributed by atoms with Crippen LogP contribution in [0, 0.1) is 46.8 Å². The molecule has 0 amide bonds. The third kappa shape index (κ3) is 3.27. The molecule has 0 aliphatic carbocycles. The lowest BCUT2D eigenvalue weighted by Crippen LogP contribution is -2.06. The van der Waals surface area contributed by atoms with E-state index in [0.717, 1.165) is 16.0 Å². The maximum Gasteiger partial charge on any atom is 0.136 e. The molecule has 0 radical (unpaired) electrons. The van der Waals surface area contributed by atoms with E-state index >= 15 is 0 Å². The predicted octanol–water partition coefficient (Wildman–Crippen LogP) is 1.98. The van der Waals surface area contributed by atoms with Crippen molar-refractivity contribution in [2.75, 3.05) is 0 Å². The molecule has 2 rings (SSSR count). The summed E-state index contributed by atoms with van der Waals surface area (Å²) in [6, 6.07) is 17.0. The van der Waals surface area contributed by atoms with Crippen LogP contribution in [0.1, 0.15) is 6.92 Å². The third-order valence-electron chi connectivity index (χ3n) is 2.95. The van der Waals surface area contributed by atoms with Gasteiger partial charge in [0.05, 0.1) is 6.07 Å². The average molecular weight is 269 g/mol. The van der Waals surface area contributed by atoms with Crippen LogP contribution in [-0.4, -0.2) is 0 Å². The number of hydrogen-bond donors (Lipinski definition) is 0. The van der Waals surface area contributed by atoms with Gasteiger partial charge in [-0.25, -0.2) is 0 Å². The van der Waals surface area contributed by atoms with Crippen molar-refractivity contribution in [1.29, 1.82) is 15.8 Å². The number of hydrogen-bond acceptors (Lipinski definition) is 3. The minimum absolute atomic E-state index is 0.103. The van der Waals surface area contributed by atoms with E-state index in [1.165, 1.54) is 0 Å². The maximum absolute atomic E-state index is 8.88. The van der Waals surface area contributed by atoms with Crippen LogP contribution in [0.5, 0.6) is 0 Å². The highest BCUT2D eigenvalue weighted by Crippen LogP contribution is 2.08. The van der Waals surface area contributed by atoms with Gasteiger partial charge in [0.25, 0.3) is 0 Å². The van der Waals surface area contributed by atoms with E-state index in [4.69, 9.17) is 15.8 Å². The highest BCUT2D eigenvalue weighted by atomic mass is 14.3. The predicted molar refractivity (Wildman–Crippen MR) is 82.4 cm³/mol. The molecule has 2 aromatic rings. The summed E-state index contributed by atoms with van der Waals surface area (Å²) in [4.78, 5) is 0. The normalized spacial score (nSPS) is 10.1. The Labute approximate surface area is 123 Å². The fourth-order valence-corrected chi connectivity index (χ4v) is 1.85. The number of fused-ring (bicyclic) bond motifs is 1. The number of terminal acetylenes is 1. The van der Waals surface area contributed by atoms with E-state index in [-0.39, 0.29) is 5.57 Å². The lowest BCUT2D eigenvalue weighted by molar-refractivity contribution is 1.49. The molecule has 0 spiro atoms. The summed E-state index contributed by atoms with van der Waals surface area (Å²) in [5, 5.41) is 30.0. The first-order valence-corrected chi connectivity index (χ1v) is 5.98. The van der Waals surface area contributed by atoms with Gasteiger partial charge in [-0.3, -0.25) is 0 Å². The van der Waals surface area contributed by atoms with Crippen LogP contribution < -0.4 is 10.4 Å². The van der Waals surface area contributed by atoms with Crippen LogP contribution in [-0.2, 0) is 0 Å². The minimum atomic E-state index is 0.103. The van der Waals surface area contributed by atoms with Gasteiger partial charge in [-0.05, 0) is 35.0 Å². The Kier molecular flexibility index (Phi) is 5.29. The molecule has 2 aromatic carbocycles. The molecule has 0 saturated carbocycles. The van der Waals surface area contributed by atoms with Gasteiger partial charge in [0.2, 0.25) is 0 Å². The molecule has 3 heteroatoms. The summed E-state index contributed by atoms with van der Waals surface area (Å²) < 4.78 is 0. The van der Waals surface area contributed by atoms with Crippen molar-refractivity contribution in [3.05, 3.63) is 46.8 Å². The molecule has 0 aliphatic rings. The molecular weight excluding hydrogens is 258 g/mol. The first-order valence-electron chi connectivity index (χ1n) is 5.98. The molecule has 0 bridgehead atoms. The average Bonchev–Trinajstić information content (AvgIpc) is 2.56. The van der Waals surface area contributed by atoms with Crippen molar-refractivity contribution in [1.82, 2.24) is 0 Å². The van der Waals surface area contributed by atoms with E-state index < -0.39 is 0 Å². The molecule has 0 atom stereocenters. The van der Waals surface area contributed by atoms with E-state index in [1.807, 2.05) is 42.5 Å². The fraction of sp³-hybridized carbons (Fsp3) is 0.0556. The molecule has 0 fully saturated rings.